The van der Waals surface area contributed by atoms with E-state index < -0.39 is 0 Å². The highest BCUT2D eigenvalue weighted by molar-refractivity contribution is 5.30. The van der Waals surface area contributed by atoms with Gasteiger partial charge >= 0.3 is 0 Å². The van der Waals surface area contributed by atoms with Crippen LogP contribution < -0.4 is 16.0 Å². The van der Waals surface area contributed by atoms with Crippen molar-refractivity contribution in [1.82, 2.24) is 5.43 Å². The predicted molar refractivity (Wildman–Crippen MR) is 68.8 cm³/mol. The standard InChI is InChI=1S/C13H22N2O2/c1-5-17-13(2,3)12(15-14)10-6-8-11(16-4)9-7-10/h6-9,12,15H,5,14H2,1-4H3. The third kappa shape index (κ3) is 3.43. The predicted octanol–water partition coefficient (Wildman–Crippen LogP) is 2.01. The van der Waals surface area contributed by atoms with Crippen LogP contribution in [0.1, 0.15) is 32.4 Å². The summed E-state index contributed by atoms with van der Waals surface area (Å²) < 4.78 is 10.9. The van der Waals surface area contributed by atoms with Crippen molar-refractivity contribution in [3.63, 3.8) is 0 Å². The maximum absolute atomic E-state index is 5.72. The Balaban J connectivity index is 2.92. The summed E-state index contributed by atoms with van der Waals surface area (Å²) in [5.74, 6) is 6.46. The topological polar surface area (TPSA) is 56.5 Å². The van der Waals surface area contributed by atoms with Crippen LogP contribution in [0.2, 0.25) is 0 Å². The molecule has 1 atom stereocenters. The van der Waals surface area contributed by atoms with Gasteiger partial charge in [-0.3, -0.25) is 11.3 Å². The molecule has 1 aromatic carbocycles. The molecular formula is C13H22N2O2. The summed E-state index contributed by atoms with van der Waals surface area (Å²) in [6.07, 6.45) is 0. The van der Waals surface area contributed by atoms with Crippen LogP contribution in [-0.4, -0.2) is 19.3 Å². The first-order valence-electron chi connectivity index (χ1n) is 5.79. The monoisotopic (exact) mass is 238 g/mol. The third-order valence-corrected chi connectivity index (χ3v) is 2.83. The van der Waals surface area contributed by atoms with Crippen molar-refractivity contribution in [2.24, 2.45) is 5.84 Å². The zero-order valence-electron chi connectivity index (χ0n) is 11.0. The highest BCUT2D eigenvalue weighted by Gasteiger charge is 2.30. The summed E-state index contributed by atoms with van der Waals surface area (Å²) in [6, 6.07) is 7.76. The van der Waals surface area contributed by atoms with E-state index in [0.29, 0.717) is 6.61 Å². The van der Waals surface area contributed by atoms with Crippen LogP contribution in [0.15, 0.2) is 24.3 Å². The maximum atomic E-state index is 5.72. The summed E-state index contributed by atoms with van der Waals surface area (Å²) in [7, 11) is 1.65. The molecule has 1 rings (SSSR count). The van der Waals surface area contributed by atoms with Gasteiger partial charge in [-0.25, -0.2) is 0 Å². The van der Waals surface area contributed by atoms with E-state index in [0.717, 1.165) is 11.3 Å². The van der Waals surface area contributed by atoms with Crippen LogP contribution in [-0.2, 0) is 4.74 Å². The second kappa shape index (κ2) is 6.00. The lowest BCUT2D eigenvalue weighted by atomic mass is 9.92. The second-order valence-corrected chi connectivity index (χ2v) is 4.41. The zero-order chi connectivity index (χ0) is 12.9. The van der Waals surface area contributed by atoms with E-state index in [9.17, 15) is 0 Å². The number of methoxy groups -OCH3 is 1. The van der Waals surface area contributed by atoms with Crippen molar-refractivity contribution in [1.29, 1.82) is 0 Å². The lowest BCUT2D eigenvalue weighted by Crippen LogP contribution is -2.44. The minimum Gasteiger partial charge on any atom is -0.497 e. The zero-order valence-corrected chi connectivity index (χ0v) is 11.0. The fourth-order valence-electron chi connectivity index (χ4n) is 1.95. The summed E-state index contributed by atoms with van der Waals surface area (Å²) in [6.45, 7) is 6.67. The lowest BCUT2D eigenvalue weighted by Gasteiger charge is -2.34. The molecule has 0 aliphatic carbocycles. The van der Waals surface area contributed by atoms with Gasteiger partial charge < -0.3 is 9.47 Å². The summed E-state index contributed by atoms with van der Waals surface area (Å²) in [5.41, 5.74) is 3.53. The van der Waals surface area contributed by atoms with Crippen LogP contribution in [0.3, 0.4) is 0 Å². The molecule has 0 saturated carbocycles. The Morgan fingerprint density at radius 3 is 2.29 bits per heavy atom. The van der Waals surface area contributed by atoms with Crippen molar-refractivity contribution in [2.75, 3.05) is 13.7 Å². The summed E-state index contributed by atoms with van der Waals surface area (Å²) in [4.78, 5) is 0. The van der Waals surface area contributed by atoms with Gasteiger partial charge in [0.15, 0.2) is 0 Å². The Kier molecular flexibility index (Phi) is 4.93. The summed E-state index contributed by atoms with van der Waals surface area (Å²) >= 11 is 0. The average molecular weight is 238 g/mol. The van der Waals surface area contributed by atoms with Gasteiger partial charge in [-0.05, 0) is 38.5 Å². The first-order valence-corrected chi connectivity index (χ1v) is 5.79. The molecule has 4 heteroatoms. The van der Waals surface area contributed by atoms with Crippen LogP contribution >= 0.6 is 0 Å². The maximum Gasteiger partial charge on any atom is 0.118 e. The van der Waals surface area contributed by atoms with E-state index >= 15 is 0 Å². The van der Waals surface area contributed by atoms with Crippen molar-refractivity contribution in [3.05, 3.63) is 29.8 Å². The average Bonchev–Trinajstić information content (AvgIpc) is 2.30. The number of hydrazine groups is 1. The van der Waals surface area contributed by atoms with Crippen molar-refractivity contribution >= 4 is 0 Å². The first kappa shape index (κ1) is 14.0. The van der Waals surface area contributed by atoms with Gasteiger partial charge in [-0.1, -0.05) is 12.1 Å². The van der Waals surface area contributed by atoms with E-state index in [2.05, 4.69) is 5.43 Å². The Morgan fingerprint density at radius 1 is 1.29 bits per heavy atom. The van der Waals surface area contributed by atoms with E-state index in [4.69, 9.17) is 15.3 Å². The number of nitrogens with two attached hydrogens (primary N) is 1. The van der Waals surface area contributed by atoms with Crippen LogP contribution in [0, 0.1) is 0 Å². The molecule has 0 fully saturated rings. The Bertz CT molecular complexity index is 336. The van der Waals surface area contributed by atoms with Gasteiger partial charge in [0.25, 0.3) is 0 Å². The fraction of sp³-hybridized carbons (Fsp3) is 0.538. The molecule has 0 heterocycles. The molecule has 0 aromatic heterocycles. The molecule has 0 spiro atoms. The van der Waals surface area contributed by atoms with Crippen molar-refractivity contribution in [2.45, 2.75) is 32.4 Å². The first-order chi connectivity index (χ1) is 8.05. The number of rotatable bonds is 6. The second-order valence-electron chi connectivity index (χ2n) is 4.41. The fourth-order valence-corrected chi connectivity index (χ4v) is 1.95. The molecular weight excluding hydrogens is 216 g/mol. The van der Waals surface area contributed by atoms with E-state index in [1.54, 1.807) is 7.11 Å². The minimum absolute atomic E-state index is 0.0617. The highest BCUT2D eigenvalue weighted by atomic mass is 16.5. The number of hydrogen-bond donors (Lipinski definition) is 2. The van der Waals surface area contributed by atoms with Crippen molar-refractivity contribution < 1.29 is 9.47 Å². The Labute approximate surface area is 103 Å². The van der Waals surface area contributed by atoms with Crippen molar-refractivity contribution in [3.8, 4) is 5.75 Å². The molecule has 0 bridgehead atoms. The third-order valence-electron chi connectivity index (χ3n) is 2.83. The number of benzene rings is 1. The molecule has 0 aliphatic rings. The Hall–Kier alpha value is -1.10. The SMILES string of the molecule is CCOC(C)(C)C(NN)c1ccc(OC)cc1. The quantitative estimate of drug-likeness (QED) is 0.588. The molecule has 4 nitrogen and oxygen atoms in total. The molecule has 0 saturated heterocycles. The molecule has 0 amide bonds. The summed E-state index contributed by atoms with van der Waals surface area (Å²) in [5, 5.41) is 0. The largest absolute Gasteiger partial charge is 0.497 e. The lowest BCUT2D eigenvalue weighted by molar-refractivity contribution is -0.0392. The van der Waals surface area contributed by atoms with Gasteiger partial charge in [-0.2, -0.15) is 0 Å². The van der Waals surface area contributed by atoms with Gasteiger partial charge in [0, 0.05) is 6.61 Å². The number of ether oxygens (including phenoxy) is 2. The Morgan fingerprint density at radius 2 is 1.88 bits per heavy atom. The van der Waals surface area contributed by atoms with Crippen LogP contribution in [0.25, 0.3) is 0 Å². The number of hydrogen-bond acceptors (Lipinski definition) is 4. The molecule has 3 N–H and O–H groups in total. The van der Waals surface area contributed by atoms with Gasteiger partial charge in [-0.15, -0.1) is 0 Å². The molecule has 1 aromatic rings. The van der Waals surface area contributed by atoms with E-state index in [1.807, 2.05) is 45.0 Å². The smallest absolute Gasteiger partial charge is 0.118 e. The van der Waals surface area contributed by atoms with Gasteiger partial charge in [0.1, 0.15) is 5.75 Å². The molecule has 0 radical (unpaired) electrons. The molecule has 1 unspecified atom stereocenters. The minimum atomic E-state index is -0.363. The molecule has 17 heavy (non-hydrogen) atoms. The normalized spacial score (nSPS) is 13.5. The van der Waals surface area contributed by atoms with E-state index in [-0.39, 0.29) is 11.6 Å². The molecule has 0 aliphatic heterocycles. The highest BCUT2D eigenvalue weighted by Crippen LogP contribution is 2.29. The van der Waals surface area contributed by atoms with Crippen LogP contribution in [0.5, 0.6) is 5.75 Å². The van der Waals surface area contributed by atoms with Crippen LogP contribution in [0.4, 0.5) is 0 Å². The van der Waals surface area contributed by atoms with Gasteiger partial charge in [0.2, 0.25) is 0 Å². The number of nitrogens with one attached hydrogen (secondary N) is 1. The molecule has 96 valence electrons. The van der Waals surface area contributed by atoms with Gasteiger partial charge in [0.05, 0.1) is 18.8 Å². The van der Waals surface area contributed by atoms with E-state index in [1.165, 1.54) is 0 Å².